The maximum absolute atomic E-state index is 13.7. The molecule has 4 nitrogen and oxygen atoms in total. The van der Waals surface area contributed by atoms with Crippen LogP contribution in [-0.2, 0) is 9.53 Å². The van der Waals surface area contributed by atoms with Crippen molar-refractivity contribution in [1.29, 1.82) is 0 Å². The summed E-state index contributed by atoms with van der Waals surface area (Å²) >= 11 is 3.51. The van der Waals surface area contributed by atoms with Crippen molar-refractivity contribution >= 4 is 40.9 Å². The van der Waals surface area contributed by atoms with Crippen LogP contribution in [0.5, 0.6) is 5.75 Å². The number of hydrogen-bond acceptors (Lipinski definition) is 6. The van der Waals surface area contributed by atoms with Gasteiger partial charge in [-0.25, -0.2) is 4.39 Å². The largest absolute Gasteiger partial charge is 0.491 e. The summed E-state index contributed by atoms with van der Waals surface area (Å²) < 4.78 is 25.2. The van der Waals surface area contributed by atoms with Crippen molar-refractivity contribution in [2.24, 2.45) is 11.3 Å². The molecule has 4 rings (SSSR count). The zero-order valence-electron chi connectivity index (χ0n) is 20.3. The van der Waals surface area contributed by atoms with Crippen LogP contribution in [0.4, 0.5) is 15.8 Å². The highest BCUT2D eigenvalue weighted by Crippen LogP contribution is 2.49. The molecule has 2 aromatic rings. The summed E-state index contributed by atoms with van der Waals surface area (Å²) in [4.78, 5) is 16.9. The quantitative estimate of drug-likeness (QED) is 0.250. The lowest BCUT2D eigenvalue weighted by atomic mass is 10.0. The Labute approximate surface area is 211 Å². The van der Waals surface area contributed by atoms with Crippen LogP contribution in [0.1, 0.15) is 46.0 Å². The number of nitrogens with zero attached hydrogens (tertiary/aromatic N) is 1. The van der Waals surface area contributed by atoms with Gasteiger partial charge in [0.1, 0.15) is 23.6 Å². The molecule has 0 aromatic heterocycles. The molecule has 2 aromatic carbocycles. The SMILES string of the molecule is CCCCC1CSc2cc(OCC3(C(=O)OCC)CC3)c(SC)cc2N(c2ccc(F)cc2)C1. The van der Waals surface area contributed by atoms with E-state index < -0.39 is 5.41 Å². The zero-order chi connectivity index (χ0) is 24.1. The van der Waals surface area contributed by atoms with Crippen LogP contribution in [0.2, 0.25) is 0 Å². The van der Waals surface area contributed by atoms with E-state index in [2.05, 4.69) is 24.0 Å². The molecule has 0 radical (unpaired) electrons. The van der Waals surface area contributed by atoms with E-state index in [4.69, 9.17) is 9.47 Å². The van der Waals surface area contributed by atoms with Crippen molar-refractivity contribution in [3.8, 4) is 5.75 Å². The number of carbonyl (C=O) groups is 1. The summed E-state index contributed by atoms with van der Waals surface area (Å²) in [7, 11) is 0. The van der Waals surface area contributed by atoms with Gasteiger partial charge in [0.05, 0.1) is 17.2 Å². The summed E-state index contributed by atoms with van der Waals surface area (Å²) in [6.07, 6.45) is 7.24. The molecule has 1 unspecified atom stereocenters. The highest BCUT2D eigenvalue weighted by atomic mass is 32.2. The molecule has 0 bridgehead atoms. The third-order valence-corrected chi connectivity index (χ3v) is 8.66. The number of rotatable bonds is 10. The van der Waals surface area contributed by atoms with Gasteiger partial charge in [0.15, 0.2) is 0 Å². The van der Waals surface area contributed by atoms with Crippen LogP contribution in [0.15, 0.2) is 46.2 Å². The van der Waals surface area contributed by atoms with E-state index in [1.807, 2.05) is 37.1 Å². The fraction of sp³-hybridized carbons (Fsp3) is 0.519. The van der Waals surface area contributed by atoms with E-state index in [0.717, 1.165) is 52.1 Å². The molecule has 1 heterocycles. The van der Waals surface area contributed by atoms with Crippen LogP contribution < -0.4 is 9.64 Å². The smallest absolute Gasteiger partial charge is 0.315 e. The molecule has 34 heavy (non-hydrogen) atoms. The van der Waals surface area contributed by atoms with Crippen LogP contribution in [0.25, 0.3) is 0 Å². The minimum atomic E-state index is -0.489. The first-order chi connectivity index (χ1) is 16.5. The molecule has 184 valence electrons. The lowest BCUT2D eigenvalue weighted by Gasteiger charge is -2.28. The number of fused-ring (bicyclic) bond motifs is 1. The molecule has 1 fully saturated rings. The second-order valence-corrected chi connectivity index (χ2v) is 11.1. The first-order valence-electron chi connectivity index (χ1n) is 12.2. The van der Waals surface area contributed by atoms with Gasteiger partial charge in [-0.3, -0.25) is 4.79 Å². The van der Waals surface area contributed by atoms with Crippen molar-refractivity contribution in [2.45, 2.75) is 55.7 Å². The number of unbranched alkanes of at least 4 members (excludes halogenated alkanes) is 1. The Morgan fingerprint density at radius 1 is 1.24 bits per heavy atom. The molecule has 0 saturated heterocycles. The van der Waals surface area contributed by atoms with E-state index in [-0.39, 0.29) is 11.8 Å². The molecule has 7 heteroatoms. The molecule has 2 aliphatic rings. The van der Waals surface area contributed by atoms with E-state index in [1.54, 1.807) is 11.8 Å². The average Bonchev–Trinajstić information content (AvgIpc) is 3.66. The number of esters is 1. The van der Waals surface area contributed by atoms with Crippen molar-refractivity contribution < 1.29 is 18.7 Å². The van der Waals surface area contributed by atoms with Gasteiger partial charge in [0.2, 0.25) is 0 Å². The van der Waals surface area contributed by atoms with Gasteiger partial charge < -0.3 is 14.4 Å². The molecule has 1 aliphatic carbocycles. The van der Waals surface area contributed by atoms with E-state index >= 15 is 0 Å². The number of benzene rings is 2. The summed E-state index contributed by atoms with van der Waals surface area (Å²) in [5.74, 6) is 2.03. The second kappa shape index (κ2) is 11.3. The molecule has 1 saturated carbocycles. The van der Waals surface area contributed by atoms with Gasteiger partial charge in [-0.15, -0.1) is 23.5 Å². The topological polar surface area (TPSA) is 38.8 Å². The lowest BCUT2D eigenvalue weighted by molar-refractivity contribution is -0.150. The van der Waals surface area contributed by atoms with Gasteiger partial charge in [-0.2, -0.15) is 0 Å². The van der Waals surface area contributed by atoms with Crippen molar-refractivity contribution in [3.63, 3.8) is 0 Å². The molecule has 1 atom stereocenters. The van der Waals surface area contributed by atoms with Crippen LogP contribution in [0.3, 0.4) is 0 Å². The first-order valence-corrected chi connectivity index (χ1v) is 14.4. The molecule has 0 N–H and O–H groups in total. The average molecular weight is 504 g/mol. The van der Waals surface area contributed by atoms with Crippen molar-refractivity contribution in [1.82, 2.24) is 0 Å². The minimum Gasteiger partial charge on any atom is -0.491 e. The number of halogens is 1. The van der Waals surface area contributed by atoms with Gasteiger partial charge in [0.25, 0.3) is 0 Å². The van der Waals surface area contributed by atoms with E-state index in [0.29, 0.717) is 19.1 Å². The molecule has 0 spiro atoms. The highest BCUT2D eigenvalue weighted by molar-refractivity contribution is 7.99. The third kappa shape index (κ3) is 5.68. The summed E-state index contributed by atoms with van der Waals surface area (Å²) in [5, 5.41) is 0. The predicted octanol–water partition coefficient (Wildman–Crippen LogP) is 7.32. The number of carbonyl (C=O) groups excluding carboxylic acids is 1. The van der Waals surface area contributed by atoms with Crippen LogP contribution in [0, 0.1) is 17.2 Å². The monoisotopic (exact) mass is 503 g/mol. The Morgan fingerprint density at radius 2 is 2.00 bits per heavy atom. The number of ether oxygens (including phenoxy) is 2. The summed E-state index contributed by atoms with van der Waals surface area (Å²) in [5.41, 5.74) is 1.65. The number of anilines is 2. The number of thioether (sulfide) groups is 2. The van der Waals surface area contributed by atoms with Gasteiger partial charge >= 0.3 is 5.97 Å². The zero-order valence-corrected chi connectivity index (χ0v) is 21.9. The van der Waals surface area contributed by atoms with Crippen molar-refractivity contribution in [2.75, 3.05) is 36.7 Å². The normalized spacial score (nSPS) is 18.7. The van der Waals surface area contributed by atoms with E-state index in [1.165, 1.54) is 31.4 Å². The third-order valence-electron chi connectivity index (χ3n) is 6.62. The Kier molecular flexibility index (Phi) is 8.35. The molecular weight excluding hydrogens is 469 g/mol. The van der Waals surface area contributed by atoms with Crippen molar-refractivity contribution in [3.05, 3.63) is 42.2 Å². The molecular formula is C27H34FNO3S2. The van der Waals surface area contributed by atoms with Crippen LogP contribution in [-0.4, -0.2) is 37.7 Å². The lowest BCUT2D eigenvalue weighted by Crippen LogP contribution is -2.26. The Balaban J connectivity index is 1.63. The maximum atomic E-state index is 13.7. The first kappa shape index (κ1) is 25.2. The van der Waals surface area contributed by atoms with Gasteiger partial charge in [-0.05, 0) is 74.8 Å². The van der Waals surface area contributed by atoms with Crippen LogP contribution >= 0.6 is 23.5 Å². The van der Waals surface area contributed by atoms with Gasteiger partial charge in [0, 0.05) is 22.9 Å². The molecule has 1 aliphatic heterocycles. The maximum Gasteiger partial charge on any atom is 0.315 e. The summed E-state index contributed by atoms with van der Waals surface area (Å²) in [6.45, 7) is 5.72. The minimum absolute atomic E-state index is 0.147. The second-order valence-electron chi connectivity index (χ2n) is 9.17. The Bertz CT molecular complexity index is 994. The fourth-order valence-electron chi connectivity index (χ4n) is 4.34. The van der Waals surface area contributed by atoms with Gasteiger partial charge in [-0.1, -0.05) is 19.8 Å². The van der Waals surface area contributed by atoms with E-state index in [9.17, 15) is 9.18 Å². The number of hydrogen-bond donors (Lipinski definition) is 0. The predicted molar refractivity (Wildman–Crippen MR) is 139 cm³/mol. The fourth-order valence-corrected chi connectivity index (χ4v) is 6.08. The Hall–Kier alpha value is -1.86. The Morgan fingerprint density at radius 3 is 2.65 bits per heavy atom. The highest BCUT2D eigenvalue weighted by Gasteiger charge is 2.52. The standard InChI is InChI=1S/C27H34FNO3S2/c1-4-6-7-19-16-29(21-10-8-20(28)9-11-21)22-14-25(33-3)23(15-24(22)34-17-19)32-18-27(12-13-27)26(30)31-5-2/h8-11,14-15,19H,4-7,12-13,16-18H2,1-3H3. The molecule has 0 amide bonds. The summed E-state index contributed by atoms with van der Waals surface area (Å²) in [6, 6.07) is 11.1.